The van der Waals surface area contributed by atoms with Crippen LogP contribution in [0.2, 0.25) is 0 Å². The molecule has 0 saturated carbocycles. The van der Waals surface area contributed by atoms with E-state index in [9.17, 15) is 4.39 Å². The van der Waals surface area contributed by atoms with Crippen molar-refractivity contribution in [3.8, 4) is 0 Å². The number of hydrogen-bond donors (Lipinski definition) is 1. The van der Waals surface area contributed by atoms with Crippen molar-refractivity contribution in [2.24, 2.45) is 0 Å². The van der Waals surface area contributed by atoms with Crippen molar-refractivity contribution in [3.05, 3.63) is 35.6 Å². The molecule has 0 aliphatic carbocycles. The second-order valence-electron chi connectivity index (χ2n) is 4.11. The molecule has 0 heterocycles. The molecule has 0 atom stereocenters. The predicted octanol–water partition coefficient (Wildman–Crippen LogP) is 3.36. The van der Waals surface area contributed by atoms with Crippen molar-refractivity contribution in [1.82, 2.24) is 4.90 Å². The molecule has 1 rings (SSSR count). The van der Waals surface area contributed by atoms with E-state index in [0.717, 1.165) is 30.7 Å². The molecule has 16 heavy (non-hydrogen) atoms. The van der Waals surface area contributed by atoms with Crippen LogP contribution in [0.3, 0.4) is 0 Å². The first-order valence-electron chi connectivity index (χ1n) is 5.77. The van der Waals surface area contributed by atoms with Crippen LogP contribution in [0.1, 0.15) is 24.8 Å². The molecular formula is C13H20FNS. The zero-order valence-corrected chi connectivity index (χ0v) is 10.7. The van der Waals surface area contributed by atoms with E-state index >= 15 is 0 Å². The summed E-state index contributed by atoms with van der Waals surface area (Å²) in [5.74, 6) is 0.849. The molecule has 3 heteroatoms. The smallest absolute Gasteiger partial charge is 0.127 e. The Kier molecular flexibility index (Phi) is 6.50. The maximum Gasteiger partial charge on any atom is 0.127 e. The van der Waals surface area contributed by atoms with E-state index in [1.54, 1.807) is 6.07 Å². The molecule has 90 valence electrons. The lowest BCUT2D eigenvalue weighted by Gasteiger charge is -2.16. The largest absolute Gasteiger partial charge is 0.302 e. The van der Waals surface area contributed by atoms with Gasteiger partial charge in [0.2, 0.25) is 0 Å². The Bertz CT molecular complexity index is 304. The number of hydrogen-bond acceptors (Lipinski definition) is 2. The summed E-state index contributed by atoms with van der Waals surface area (Å²) in [6, 6.07) is 6.97. The Labute approximate surface area is 103 Å². The fourth-order valence-corrected chi connectivity index (χ4v) is 1.89. The van der Waals surface area contributed by atoms with Gasteiger partial charge in [0.1, 0.15) is 5.82 Å². The second-order valence-corrected chi connectivity index (χ2v) is 4.56. The standard InChI is InChI=1S/C13H20FNS/c1-15(9-5-2-6-10-16)11-12-7-3-4-8-13(12)14/h3-4,7-8,16H,2,5-6,9-11H2,1H3. The molecule has 0 N–H and O–H groups in total. The zero-order valence-electron chi connectivity index (χ0n) is 9.82. The minimum Gasteiger partial charge on any atom is -0.302 e. The summed E-state index contributed by atoms with van der Waals surface area (Å²) in [4.78, 5) is 2.16. The van der Waals surface area contributed by atoms with Gasteiger partial charge in [0.15, 0.2) is 0 Å². The molecule has 0 saturated heterocycles. The van der Waals surface area contributed by atoms with Crippen LogP contribution in [0.4, 0.5) is 4.39 Å². The molecule has 0 radical (unpaired) electrons. The van der Waals surface area contributed by atoms with E-state index in [-0.39, 0.29) is 5.82 Å². The molecule has 1 aromatic carbocycles. The molecule has 0 aromatic heterocycles. The summed E-state index contributed by atoms with van der Waals surface area (Å²) in [7, 11) is 2.03. The lowest BCUT2D eigenvalue weighted by Crippen LogP contribution is -2.19. The molecule has 0 aliphatic heterocycles. The molecule has 0 aliphatic rings. The summed E-state index contributed by atoms with van der Waals surface area (Å²) in [5.41, 5.74) is 0.777. The summed E-state index contributed by atoms with van der Waals surface area (Å²) in [6.45, 7) is 1.70. The van der Waals surface area contributed by atoms with Gasteiger partial charge in [0.05, 0.1) is 0 Å². The van der Waals surface area contributed by atoms with Crippen LogP contribution in [0, 0.1) is 5.82 Å². The molecule has 0 fully saturated rings. The van der Waals surface area contributed by atoms with Crippen molar-refractivity contribution in [3.63, 3.8) is 0 Å². The topological polar surface area (TPSA) is 3.24 Å². The number of thiol groups is 1. The van der Waals surface area contributed by atoms with E-state index < -0.39 is 0 Å². The van der Waals surface area contributed by atoms with Gasteiger partial charge in [-0.3, -0.25) is 0 Å². The normalized spacial score (nSPS) is 11.0. The number of nitrogens with zero attached hydrogens (tertiary/aromatic N) is 1. The highest BCUT2D eigenvalue weighted by Gasteiger charge is 2.04. The van der Waals surface area contributed by atoms with E-state index in [0.29, 0.717) is 6.54 Å². The van der Waals surface area contributed by atoms with Crippen LogP contribution in [-0.2, 0) is 6.54 Å². The van der Waals surface area contributed by atoms with E-state index in [1.165, 1.54) is 12.5 Å². The average Bonchev–Trinajstić information content (AvgIpc) is 2.28. The summed E-state index contributed by atoms with van der Waals surface area (Å²) < 4.78 is 13.4. The molecule has 0 bridgehead atoms. The highest BCUT2D eigenvalue weighted by Crippen LogP contribution is 2.09. The number of unbranched alkanes of at least 4 members (excludes halogenated alkanes) is 2. The first-order valence-corrected chi connectivity index (χ1v) is 6.40. The van der Waals surface area contributed by atoms with Gasteiger partial charge in [-0.05, 0) is 38.3 Å². The summed E-state index contributed by atoms with van der Waals surface area (Å²) in [5, 5.41) is 0. The second kappa shape index (κ2) is 7.69. The molecule has 1 aromatic rings. The Morgan fingerprint density at radius 2 is 1.94 bits per heavy atom. The van der Waals surface area contributed by atoms with Gasteiger partial charge in [0.25, 0.3) is 0 Å². The van der Waals surface area contributed by atoms with Gasteiger partial charge >= 0.3 is 0 Å². The molecule has 1 nitrogen and oxygen atoms in total. The fraction of sp³-hybridized carbons (Fsp3) is 0.538. The van der Waals surface area contributed by atoms with Gasteiger partial charge in [-0.2, -0.15) is 12.6 Å². The summed E-state index contributed by atoms with van der Waals surface area (Å²) in [6.07, 6.45) is 3.52. The van der Waals surface area contributed by atoms with Gasteiger partial charge in [0, 0.05) is 12.1 Å². The fourth-order valence-electron chi connectivity index (χ4n) is 1.67. The van der Waals surface area contributed by atoms with Crippen molar-refractivity contribution in [2.45, 2.75) is 25.8 Å². The predicted molar refractivity (Wildman–Crippen MR) is 70.4 cm³/mol. The third-order valence-electron chi connectivity index (χ3n) is 2.60. The maximum absolute atomic E-state index is 13.4. The summed E-state index contributed by atoms with van der Waals surface area (Å²) >= 11 is 4.18. The highest BCUT2D eigenvalue weighted by molar-refractivity contribution is 7.80. The quantitative estimate of drug-likeness (QED) is 0.566. The number of rotatable bonds is 7. The van der Waals surface area contributed by atoms with E-state index in [4.69, 9.17) is 0 Å². The third kappa shape index (κ3) is 4.99. The molecule has 0 amide bonds. The Morgan fingerprint density at radius 1 is 1.19 bits per heavy atom. The lowest BCUT2D eigenvalue weighted by molar-refractivity contribution is 0.313. The number of halogens is 1. The van der Waals surface area contributed by atoms with Crippen LogP contribution < -0.4 is 0 Å². The Morgan fingerprint density at radius 3 is 2.62 bits per heavy atom. The first kappa shape index (κ1) is 13.5. The van der Waals surface area contributed by atoms with E-state index in [2.05, 4.69) is 17.5 Å². The monoisotopic (exact) mass is 241 g/mol. The van der Waals surface area contributed by atoms with Crippen molar-refractivity contribution in [1.29, 1.82) is 0 Å². The molecule has 0 spiro atoms. The highest BCUT2D eigenvalue weighted by atomic mass is 32.1. The van der Waals surface area contributed by atoms with Crippen molar-refractivity contribution in [2.75, 3.05) is 19.3 Å². The maximum atomic E-state index is 13.4. The van der Waals surface area contributed by atoms with Crippen LogP contribution in [0.15, 0.2) is 24.3 Å². The van der Waals surface area contributed by atoms with E-state index in [1.807, 2.05) is 19.2 Å². The van der Waals surface area contributed by atoms with Gasteiger partial charge < -0.3 is 4.90 Å². The Hall–Kier alpha value is -0.540. The van der Waals surface area contributed by atoms with Crippen LogP contribution in [-0.4, -0.2) is 24.2 Å². The van der Waals surface area contributed by atoms with Crippen LogP contribution >= 0.6 is 12.6 Å². The van der Waals surface area contributed by atoms with Crippen LogP contribution in [0.5, 0.6) is 0 Å². The minimum atomic E-state index is -0.107. The SMILES string of the molecule is CN(CCCCCS)Cc1ccccc1F. The third-order valence-corrected chi connectivity index (χ3v) is 2.91. The van der Waals surface area contributed by atoms with Crippen molar-refractivity contribution < 1.29 is 4.39 Å². The molecule has 0 unspecified atom stereocenters. The number of benzene rings is 1. The Balaban J connectivity index is 2.28. The van der Waals surface area contributed by atoms with Crippen molar-refractivity contribution >= 4 is 12.6 Å². The van der Waals surface area contributed by atoms with Gasteiger partial charge in [-0.25, -0.2) is 4.39 Å². The molecular weight excluding hydrogens is 221 g/mol. The van der Waals surface area contributed by atoms with Crippen LogP contribution in [0.25, 0.3) is 0 Å². The van der Waals surface area contributed by atoms with Gasteiger partial charge in [-0.15, -0.1) is 0 Å². The average molecular weight is 241 g/mol. The minimum absolute atomic E-state index is 0.107. The van der Waals surface area contributed by atoms with Gasteiger partial charge in [-0.1, -0.05) is 24.6 Å². The first-order chi connectivity index (χ1) is 7.74. The zero-order chi connectivity index (χ0) is 11.8. The lowest BCUT2D eigenvalue weighted by atomic mass is 10.2.